The highest BCUT2D eigenvalue weighted by molar-refractivity contribution is 5.76. The van der Waals surface area contributed by atoms with Crippen molar-refractivity contribution >= 4 is 16.9 Å². The van der Waals surface area contributed by atoms with Gasteiger partial charge in [0, 0.05) is 45.1 Å². The van der Waals surface area contributed by atoms with Gasteiger partial charge in [-0.15, -0.1) is 0 Å². The number of para-hydroxylation sites is 2. The van der Waals surface area contributed by atoms with Gasteiger partial charge in [0.25, 0.3) is 0 Å². The van der Waals surface area contributed by atoms with E-state index < -0.39 is 0 Å². The predicted molar refractivity (Wildman–Crippen MR) is 103 cm³/mol. The molecule has 6 nitrogen and oxygen atoms in total. The summed E-state index contributed by atoms with van der Waals surface area (Å²) >= 11 is 0. The smallest absolute Gasteiger partial charge is 0.220 e. The van der Waals surface area contributed by atoms with Crippen molar-refractivity contribution in [1.82, 2.24) is 19.8 Å². The molecule has 0 saturated carbocycles. The first-order valence-corrected chi connectivity index (χ1v) is 9.71. The molecule has 0 aliphatic carbocycles. The number of carbonyl (C=O) groups excluding carboxylic acids is 1. The fourth-order valence-electron chi connectivity index (χ4n) is 3.61. The lowest BCUT2D eigenvalue weighted by atomic mass is 10.1. The second-order valence-electron chi connectivity index (χ2n) is 6.90. The Morgan fingerprint density at radius 2 is 2.08 bits per heavy atom. The number of aryl methyl sites for hydroxylation is 1. The fourth-order valence-corrected chi connectivity index (χ4v) is 3.61. The number of benzene rings is 1. The molecular weight excluding hydrogens is 328 g/mol. The van der Waals surface area contributed by atoms with Crippen LogP contribution in [-0.4, -0.2) is 59.2 Å². The number of aromatic nitrogens is 2. The van der Waals surface area contributed by atoms with Crippen LogP contribution >= 0.6 is 0 Å². The Kier molecular flexibility index (Phi) is 6.63. The molecule has 1 fully saturated rings. The van der Waals surface area contributed by atoms with Crippen molar-refractivity contribution in [2.75, 3.05) is 32.8 Å². The Morgan fingerprint density at radius 3 is 2.85 bits per heavy atom. The van der Waals surface area contributed by atoms with Crippen LogP contribution in [0.4, 0.5) is 0 Å². The summed E-state index contributed by atoms with van der Waals surface area (Å²) in [5, 5.41) is 3.05. The molecule has 3 rings (SSSR count). The molecule has 0 radical (unpaired) electrons. The number of hydrogen-bond donors (Lipinski definition) is 1. The normalized spacial score (nSPS) is 16.7. The summed E-state index contributed by atoms with van der Waals surface area (Å²) < 4.78 is 7.61. The molecule has 2 aromatic rings. The van der Waals surface area contributed by atoms with Gasteiger partial charge in [-0.3, -0.25) is 9.69 Å². The topological polar surface area (TPSA) is 59.4 Å². The second-order valence-corrected chi connectivity index (χ2v) is 6.90. The number of amides is 1. The van der Waals surface area contributed by atoms with E-state index >= 15 is 0 Å². The second kappa shape index (κ2) is 9.14. The van der Waals surface area contributed by atoms with E-state index in [1.165, 1.54) is 0 Å². The number of morpholine rings is 1. The monoisotopic (exact) mass is 358 g/mol. The van der Waals surface area contributed by atoms with E-state index in [2.05, 4.69) is 34.7 Å². The lowest BCUT2D eigenvalue weighted by Crippen LogP contribution is -2.42. The molecule has 0 spiro atoms. The van der Waals surface area contributed by atoms with E-state index in [-0.39, 0.29) is 5.91 Å². The molecule has 1 aromatic heterocycles. The SMILES string of the molecule is CCn1c(CCNC(=O)CC[C@@H](C)N2CCOCC2)nc2ccccc21. The highest BCUT2D eigenvalue weighted by Crippen LogP contribution is 2.16. The molecule has 1 N–H and O–H groups in total. The quantitative estimate of drug-likeness (QED) is 0.786. The van der Waals surface area contributed by atoms with E-state index in [4.69, 9.17) is 9.72 Å². The minimum atomic E-state index is 0.129. The first-order valence-electron chi connectivity index (χ1n) is 9.71. The summed E-state index contributed by atoms with van der Waals surface area (Å²) in [4.78, 5) is 19.3. The Morgan fingerprint density at radius 1 is 1.31 bits per heavy atom. The molecule has 1 amide bonds. The maximum Gasteiger partial charge on any atom is 0.220 e. The molecule has 0 bridgehead atoms. The number of nitrogens with one attached hydrogen (secondary N) is 1. The van der Waals surface area contributed by atoms with Crippen molar-refractivity contribution < 1.29 is 9.53 Å². The fraction of sp³-hybridized carbons (Fsp3) is 0.600. The van der Waals surface area contributed by atoms with Gasteiger partial charge in [-0.1, -0.05) is 12.1 Å². The number of nitrogens with zero attached hydrogens (tertiary/aromatic N) is 3. The van der Waals surface area contributed by atoms with Crippen molar-refractivity contribution in [2.45, 2.75) is 45.7 Å². The zero-order valence-electron chi connectivity index (χ0n) is 15.9. The van der Waals surface area contributed by atoms with Crippen LogP contribution in [0.5, 0.6) is 0 Å². The van der Waals surface area contributed by atoms with E-state index in [0.29, 0.717) is 19.0 Å². The molecule has 1 aromatic carbocycles. The van der Waals surface area contributed by atoms with E-state index in [1.54, 1.807) is 0 Å². The van der Waals surface area contributed by atoms with Gasteiger partial charge in [-0.2, -0.15) is 0 Å². The van der Waals surface area contributed by atoms with Gasteiger partial charge in [-0.25, -0.2) is 4.98 Å². The molecule has 1 saturated heterocycles. The van der Waals surface area contributed by atoms with Gasteiger partial charge in [0.05, 0.1) is 24.2 Å². The molecule has 1 aliphatic heterocycles. The van der Waals surface area contributed by atoms with Crippen LogP contribution in [0.15, 0.2) is 24.3 Å². The Labute approximate surface area is 155 Å². The number of carbonyl (C=O) groups is 1. The van der Waals surface area contributed by atoms with Gasteiger partial charge in [0.2, 0.25) is 5.91 Å². The summed E-state index contributed by atoms with van der Waals surface area (Å²) in [6.07, 6.45) is 2.22. The number of fused-ring (bicyclic) bond motifs is 1. The summed E-state index contributed by atoms with van der Waals surface area (Å²) in [6, 6.07) is 8.61. The Balaban J connectivity index is 1.43. The third kappa shape index (κ3) is 4.62. The number of imidazole rings is 1. The Bertz CT molecular complexity index is 722. The maximum absolute atomic E-state index is 12.2. The van der Waals surface area contributed by atoms with E-state index in [1.807, 2.05) is 18.2 Å². The number of rotatable bonds is 8. The van der Waals surface area contributed by atoms with Gasteiger partial charge in [0.1, 0.15) is 5.82 Å². The maximum atomic E-state index is 12.2. The van der Waals surface area contributed by atoms with Gasteiger partial charge < -0.3 is 14.6 Å². The first-order chi connectivity index (χ1) is 12.7. The molecule has 1 atom stereocenters. The molecule has 1 aliphatic rings. The number of hydrogen-bond acceptors (Lipinski definition) is 4. The minimum Gasteiger partial charge on any atom is -0.379 e. The summed E-state index contributed by atoms with van der Waals surface area (Å²) in [5.74, 6) is 1.17. The predicted octanol–water partition coefficient (Wildman–Crippen LogP) is 2.22. The molecule has 142 valence electrons. The van der Waals surface area contributed by atoms with Crippen LogP contribution in [0.25, 0.3) is 11.0 Å². The van der Waals surface area contributed by atoms with Crippen molar-refractivity contribution in [3.63, 3.8) is 0 Å². The zero-order chi connectivity index (χ0) is 18.4. The van der Waals surface area contributed by atoms with Crippen LogP contribution in [0, 0.1) is 0 Å². The molecular formula is C20H30N4O2. The molecule has 2 heterocycles. The summed E-state index contributed by atoms with van der Waals surface area (Å²) in [7, 11) is 0. The van der Waals surface area contributed by atoms with Crippen LogP contribution in [0.3, 0.4) is 0 Å². The lowest BCUT2D eigenvalue weighted by Gasteiger charge is -2.32. The van der Waals surface area contributed by atoms with Crippen molar-refractivity contribution in [3.05, 3.63) is 30.1 Å². The minimum absolute atomic E-state index is 0.129. The zero-order valence-corrected chi connectivity index (χ0v) is 15.9. The lowest BCUT2D eigenvalue weighted by molar-refractivity contribution is -0.121. The number of ether oxygens (including phenoxy) is 1. The Hall–Kier alpha value is -1.92. The third-order valence-electron chi connectivity index (χ3n) is 5.18. The summed E-state index contributed by atoms with van der Waals surface area (Å²) in [6.45, 7) is 9.39. The average Bonchev–Trinajstić information content (AvgIpc) is 3.04. The van der Waals surface area contributed by atoms with E-state index in [0.717, 1.165) is 62.5 Å². The molecule has 0 unspecified atom stereocenters. The molecule has 6 heteroatoms. The van der Waals surface area contributed by atoms with Crippen LogP contribution < -0.4 is 5.32 Å². The standard InChI is InChI=1S/C20H30N4O2/c1-3-24-18-7-5-4-6-17(18)22-19(24)10-11-21-20(25)9-8-16(2)23-12-14-26-15-13-23/h4-7,16H,3,8-15H2,1-2H3,(H,21,25)/t16-/m1/s1. The van der Waals surface area contributed by atoms with Gasteiger partial charge in [0.15, 0.2) is 0 Å². The highest BCUT2D eigenvalue weighted by Gasteiger charge is 2.17. The average molecular weight is 358 g/mol. The van der Waals surface area contributed by atoms with Crippen LogP contribution in [0.2, 0.25) is 0 Å². The van der Waals surface area contributed by atoms with Crippen molar-refractivity contribution in [3.8, 4) is 0 Å². The molecule has 26 heavy (non-hydrogen) atoms. The third-order valence-corrected chi connectivity index (χ3v) is 5.18. The van der Waals surface area contributed by atoms with Crippen molar-refractivity contribution in [2.24, 2.45) is 0 Å². The largest absolute Gasteiger partial charge is 0.379 e. The summed E-state index contributed by atoms with van der Waals surface area (Å²) in [5.41, 5.74) is 2.19. The van der Waals surface area contributed by atoms with Crippen LogP contribution in [0.1, 0.15) is 32.5 Å². The van der Waals surface area contributed by atoms with E-state index in [9.17, 15) is 4.79 Å². The van der Waals surface area contributed by atoms with Crippen molar-refractivity contribution in [1.29, 1.82) is 0 Å². The first kappa shape index (κ1) is 18.9. The van der Waals surface area contributed by atoms with Crippen LogP contribution in [-0.2, 0) is 22.5 Å². The van der Waals surface area contributed by atoms with Gasteiger partial charge in [-0.05, 0) is 32.4 Å². The highest BCUT2D eigenvalue weighted by atomic mass is 16.5. The van der Waals surface area contributed by atoms with Gasteiger partial charge >= 0.3 is 0 Å².